The van der Waals surface area contributed by atoms with Gasteiger partial charge in [0.1, 0.15) is 5.54 Å². The van der Waals surface area contributed by atoms with Gasteiger partial charge in [-0.15, -0.1) is 0 Å². The third kappa shape index (κ3) is 3.32. The molecule has 0 bridgehead atoms. The highest BCUT2D eigenvalue weighted by molar-refractivity contribution is 6.07. The molecule has 3 heterocycles. The zero-order valence-electron chi connectivity index (χ0n) is 17.9. The molecule has 2 saturated heterocycles. The summed E-state index contributed by atoms with van der Waals surface area (Å²) in [6.45, 7) is 8.44. The van der Waals surface area contributed by atoms with Gasteiger partial charge in [0, 0.05) is 26.2 Å². The highest BCUT2D eigenvalue weighted by Crippen LogP contribution is 2.38. The lowest BCUT2D eigenvalue weighted by Crippen LogP contribution is -2.57. The molecule has 2 aliphatic rings. The molecule has 30 heavy (non-hydrogen) atoms. The second kappa shape index (κ2) is 8.04. The predicted octanol–water partition coefficient (Wildman–Crippen LogP) is 2.33. The molecule has 2 aliphatic heterocycles. The first-order valence-electron chi connectivity index (χ1n) is 10.7. The van der Waals surface area contributed by atoms with Crippen LogP contribution in [0, 0.1) is 5.92 Å². The van der Waals surface area contributed by atoms with Gasteiger partial charge in [0.2, 0.25) is 5.95 Å². The summed E-state index contributed by atoms with van der Waals surface area (Å²) in [5.74, 6) is 0.912. The zero-order valence-corrected chi connectivity index (χ0v) is 17.9. The quantitative estimate of drug-likeness (QED) is 0.678. The molecular formula is C21H29N7O2. The third-order valence-corrected chi connectivity index (χ3v) is 5.94. The van der Waals surface area contributed by atoms with Crippen molar-refractivity contribution in [3.8, 4) is 5.69 Å². The number of carbonyl (C=O) groups is 2. The monoisotopic (exact) mass is 411 g/mol. The number of rotatable bonds is 6. The number of carbonyl (C=O) groups excluding carboxylic acids is 2. The van der Waals surface area contributed by atoms with Crippen molar-refractivity contribution in [2.24, 2.45) is 5.92 Å². The summed E-state index contributed by atoms with van der Waals surface area (Å²) in [7, 11) is 0. The van der Waals surface area contributed by atoms with E-state index in [1.165, 1.54) is 4.90 Å². The lowest BCUT2D eigenvalue weighted by atomic mass is 9.85. The van der Waals surface area contributed by atoms with Crippen molar-refractivity contribution in [3.05, 3.63) is 30.3 Å². The molecule has 2 aromatic rings. The van der Waals surface area contributed by atoms with Gasteiger partial charge in [0.15, 0.2) is 0 Å². The molecule has 1 spiro atoms. The van der Waals surface area contributed by atoms with Gasteiger partial charge >= 0.3 is 6.03 Å². The number of piperidine rings is 1. The minimum Gasteiger partial charge on any atom is -0.339 e. The van der Waals surface area contributed by atoms with Crippen LogP contribution in [0.2, 0.25) is 0 Å². The van der Waals surface area contributed by atoms with E-state index in [2.05, 4.69) is 34.3 Å². The number of hydrogen-bond donors (Lipinski definition) is 0. The largest absolute Gasteiger partial charge is 0.339 e. The van der Waals surface area contributed by atoms with Gasteiger partial charge in [-0.3, -0.25) is 9.69 Å². The maximum absolute atomic E-state index is 13.4. The summed E-state index contributed by atoms with van der Waals surface area (Å²) in [6.07, 6.45) is 1.92. The van der Waals surface area contributed by atoms with Crippen molar-refractivity contribution in [1.29, 1.82) is 0 Å². The van der Waals surface area contributed by atoms with Crippen molar-refractivity contribution >= 4 is 17.9 Å². The van der Waals surface area contributed by atoms with Gasteiger partial charge in [-0.1, -0.05) is 44.1 Å². The predicted molar refractivity (Wildman–Crippen MR) is 112 cm³/mol. The SMILES string of the molecule is CCCN1C(=O)N(CC(C)C)C2(CCN(c3nnnn3-c3ccccc3)CC2)C1=O. The van der Waals surface area contributed by atoms with Gasteiger partial charge in [-0.25, -0.2) is 4.79 Å². The molecule has 9 heteroatoms. The number of imide groups is 1. The topological polar surface area (TPSA) is 87.5 Å². The average molecular weight is 412 g/mol. The summed E-state index contributed by atoms with van der Waals surface area (Å²) in [5, 5.41) is 12.2. The van der Waals surface area contributed by atoms with Crippen LogP contribution in [0.15, 0.2) is 30.3 Å². The molecule has 0 N–H and O–H groups in total. The standard InChI is InChI=1S/C21H29N7O2/c1-4-12-26-18(29)21(27(20(26)30)15-16(2)3)10-13-25(14-11-21)19-22-23-24-28(19)17-8-6-5-7-9-17/h5-9,16H,4,10-15H2,1-3H3. The van der Waals surface area contributed by atoms with E-state index in [1.807, 2.05) is 42.2 Å². The van der Waals surface area contributed by atoms with Crippen LogP contribution in [0.4, 0.5) is 10.7 Å². The molecule has 0 aliphatic carbocycles. The normalized spacial score (nSPS) is 18.9. The fourth-order valence-corrected chi connectivity index (χ4v) is 4.50. The zero-order chi connectivity index (χ0) is 21.3. The van der Waals surface area contributed by atoms with E-state index < -0.39 is 5.54 Å². The van der Waals surface area contributed by atoms with Crippen molar-refractivity contribution in [2.75, 3.05) is 31.1 Å². The number of tetrazole rings is 1. The molecule has 2 fully saturated rings. The second-order valence-corrected chi connectivity index (χ2v) is 8.49. The molecule has 1 aromatic heterocycles. The van der Waals surface area contributed by atoms with Crippen LogP contribution in [-0.4, -0.2) is 73.7 Å². The van der Waals surface area contributed by atoms with Crippen LogP contribution >= 0.6 is 0 Å². The van der Waals surface area contributed by atoms with E-state index >= 15 is 0 Å². The first-order chi connectivity index (χ1) is 14.5. The van der Waals surface area contributed by atoms with Crippen LogP contribution in [0.25, 0.3) is 5.69 Å². The van der Waals surface area contributed by atoms with E-state index in [4.69, 9.17) is 0 Å². The molecule has 3 amide bonds. The molecule has 1 aromatic carbocycles. The van der Waals surface area contributed by atoms with Crippen LogP contribution in [0.1, 0.15) is 40.0 Å². The highest BCUT2D eigenvalue weighted by Gasteiger charge is 2.57. The minimum atomic E-state index is -0.752. The molecular weight excluding hydrogens is 382 g/mol. The molecule has 0 radical (unpaired) electrons. The van der Waals surface area contributed by atoms with Gasteiger partial charge < -0.3 is 9.80 Å². The van der Waals surface area contributed by atoms with Gasteiger partial charge in [0.05, 0.1) is 5.69 Å². The van der Waals surface area contributed by atoms with Crippen molar-refractivity contribution in [3.63, 3.8) is 0 Å². The van der Waals surface area contributed by atoms with Gasteiger partial charge in [0.25, 0.3) is 5.91 Å². The van der Waals surface area contributed by atoms with E-state index in [0.717, 1.165) is 12.1 Å². The molecule has 0 saturated carbocycles. The van der Waals surface area contributed by atoms with Crippen molar-refractivity contribution in [1.82, 2.24) is 30.0 Å². The fourth-order valence-electron chi connectivity index (χ4n) is 4.50. The van der Waals surface area contributed by atoms with E-state index in [1.54, 1.807) is 4.68 Å². The van der Waals surface area contributed by atoms with Crippen LogP contribution < -0.4 is 4.90 Å². The summed E-state index contributed by atoms with van der Waals surface area (Å²) in [6, 6.07) is 9.61. The number of nitrogens with zero attached hydrogens (tertiary/aromatic N) is 7. The number of aromatic nitrogens is 4. The van der Waals surface area contributed by atoms with Gasteiger partial charge in [-0.2, -0.15) is 4.68 Å². The Bertz CT molecular complexity index is 903. The number of hydrogen-bond acceptors (Lipinski definition) is 6. The molecule has 0 unspecified atom stereocenters. The van der Waals surface area contributed by atoms with Gasteiger partial charge in [-0.05, 0) is 47.7 Å². The fraction of sp³-hybridized carbons (Fsp3) is 0.571. The number of para-hydroxylation sites is 1. The Morgan fingerprint density at radius 3 is 2.43 bits per heavy atom. The van der Waals surface area contributed by atoms with Crippen LogP contribution in [0.5, 0.6) is 0 Å². The summed E-state index contributed by atoms with van der Waals surface area (Å²) < 4.78 is 1.72. The number of benzene rings is 1. The molecule has 160 valence electrons. The maximum atomic E-state index is 13.4. The summed E-state index contributed by atoms with van der Waals surface area (Å²) in [5.41, 5.74) is 0.137. The Kier molecular flexibility index (Phi) is 5.44. The second-order valence-electron chi connectivity index (χ2n) is 8.49. The van der Waals surface area contributed by atoms with Crippen LogP contribution in [-0.2, 0) is 4.79 Å². The molecule has 4 rings (SSSR count). The van der Waals surface area contributed by atoms with E-state index in [0.29, 0.717) is 50.9 Å². The van der Waals surface area contributed by atoms with Crippen LogP contribution in [0.3, 0.4) is 0 Å². The molecule has 9 nitrogen and oxygen atoms in total. The Balaban J connectivity index is 1.58. The van der Waals surface area contributed by atoms with Crippen molar-refractivity contribution < 1.29 is 9.59 Å². The third-order valence-electron chi connectivity index (χ3n) is 5.94. The lowest BCUT2D eigenvalue weighted by Gasteiger charge is -2.42. The first-order valence-corrected chi connectivity index (χ1v) is 10.7. The Labute approximate surface area is 176 Å². The number of anilines is 1. The average Bonchev–Trinajstić information content (AvgIpc) is 3.31. The van der Waals surface area contributed by atoms with Crippen molar-refractivity contribution in [2.45, 2.75) is 45.6 Å². The van der Waals surface area contributed by atoms with E-state index in [9.17, 15) is 9.59 Å². The Hall–Kier alpha value is -2.97. The molecule has 0 atom stereocenters. The minimum absolute atomic E-state index is 0.0442. The Morgan fingerprint density at radius 1 is 1.10 bits per heavy atom. The summed E-state index contributed by atoms with van der Waals surface area (Å²) >= 11 is 0. The number of urea groups is 1. The smallest absolute Gasteiger partial charge is 0.327 e. The first kappa shape index (κ1) is 20.3. The van der Waals surface area contributed by atoms with E-state index in [-0.39, 0.29) is 11.9 Å². The maximum Gasteiger partial charge on any atom is 0.327 e. The number of amides is 3. The Morgan fingerprint density at radius 2 is 1.80 bits per heavy atom. The summed E-state index contributed by atoms with van der Waals surface area (Å²) in [4.78, 5) is 31.8. The lowest BCUT2D eigenvalue weighted by molar-refractivity contribution is -0.134. The highest BCUT2D eigenvalue weighted by atomic mass is 16.2.